The first-order valence-electron chi connectivity index (χ1n) is 8.64. The average molecular weight is 326 g/mol. The summed E-state index contributed by atoms with van der Waals surface area (Å²) in [5.74, 6) is -0.0381. The van der Waals surface area contributed by atoms with E-state index in [9.17, 15) is 4.79 Å². The van der Waals surface area contributed by atoms with Crippen molar-refractivity contribution in [2.75, 3.05) is 0 Å². The van der Waals surface area contributed by atoms with Gasteiger partial charge in [-0.25, -0.2) is 0 Å². The second-order valence-corrected chi connectivity index (χ2v) is 6.20. The van der Waals surface area contributed by atoms with E-state index in [1.807, 2.05) is 54.6 Å². The minimum absolute atomic E-state index is 0.0547. The van der Waals surface area contributed by atoms with Crippen molar-refractivity contribution >= 4 is 12.4 Å². The van der Waals surface area contributed by atoms with Crippen LogP contribution in [-0.2, 0) is 11.2 Å². The van der Waals surface area contributed by atoms with Crippen molar-refractivity contribution in [1.82, 2.24) is 0 Å². The molecule has 0 aliphatic carbocycles. The summed E-state index contributed by atoms with van der Waals surface area (Å²) in [5, 5.41) is 0. The van der Waals surface area contributed by atoms with E-state index in [2.05, 4.69) is 48.6 Å². The number of hydrogen-bond acceptors (Lipinski definition) is 1. The molecule has 1 heteroatoms. The van der Waals surface area contributed by atoms with Crippen molar-refractivity contribution in [3.63, 3.8) is 0 Å². The molecule has 124 valence electrons. The molecule has 0 aromatic heterocycles. The molecule has 0 bridgehead atoms. The third-order valence-corrected chi connectivity index (χ3v) is 4.43. The fourth-order valence-corrected chi connectivity index (χ4v) is 3.10. The molecule has 3 aromatic rings. The maximum atomic E-state index is 11.9. The molecule has 0 saturated carbocycles. The van der Waals surface area contributed by atoms with Crippen LogP contribution in [-0.4, -0.2) is 6.29 Å². The van der Waals surface area contributed by atoms with Gasteiger partial charge in [-0.15, -0.1) is 0 Å². The number of carbonyl (C=O) groups is 1. The Morgan fingerprint density at radius 2 is 1.28 bits per heavy atom. The Morgan fingerprint density at radius 1 is 0.720 bits per heavy atom. The molecule has 3 aromatic carbocycles. The first-order chi connectivity index (χ1) is 12.4. The monoisotopic (exact) mass is 326 g/mol. The summed E-state index contributed by atoms with van der Waals surface area (Å²) >= 11 is 0. The lowest BCUT2D eigenvalue weighted by Crippen LogP contribution is -2.15. The van der Waals surface area contributed by atoms with Crippen LogP contribution < -0.4 is 0 Å². The molecule has 0 unspecified atom stereocenters. The molecule has 0 N–H and O–H groups in total. The molecule has 0 fully saturated rings. The van der Waals surface area contributed by atoms with E-state index in [1.54, 1.807) is 0 Å². The van der Waals surface area contributed by atoms with Gasteiger partial charge in [-0.1, -0.05) is 103 Å². The number of aldehydes is 1. The number of hydrogen-bond donors (Lipinski definition) is 0. The molecule has 3 rings (SSSR count). The van der Waals surface area contributed by atoms with E-state index >= 15 is 0 Å². The first kappa shape index (κ1) is 16.9. The normalized spacial score (nSPS) is 13.4. The van der Waals surface area contributed by atoms with Crippen LogP contribution in [0.2, 0.25) is 0 Å². The average Bonchev–Trinajstić information content (AvgIpc) is 2.69. The SMILES string of the molecule is O=C[C@H](Cc1ccccc1)[C@H](/C=C/c1ccccc1)c1ccccc1. The van der Waals surface area contributed by atoms with Crippen molar-refractivity contribution in [3.8, 4) is 0 Å². The molecule has 0 radical (unpaired) electrons. The molecule has 0 heterocycles. The quantitative estimate of drug-likeness (QED) is 0.521. The maximum absolute atomic E-state index is 11.9. The number of benzene rings is 3. The van der Waals surface area contributed by atoms with Crippen molar-refractivity contribution in [3.05, 3.63) is 114 Å². The molecular formula is C24H22O. The predicted molar refractivity (Wildman–Crippen MR) is 104 cm³/mol. The van der Waals surface area contributed by atoms with Crippen LogP contribution in [0.5, 0.6) is 0 Å². The second-order valence-electron chi connectivity index (χ2n) is 6.20. The third kappa shape index (κ3) is 4.77. The fourth-order valence-electron chi connectivity index (χ4n) is 3.10. The largest absolute Gasteiger partial charge is 0.303 e. The second kappa shape index (κ2) is 8.79. The Morgan fingerprint density at radius 3 is 1.88 bits per heavy atom. The zero-order valence-electron chi connectivity index (χ0n) is 14.2. The van der Waals surface area contributed by atoms with Crippen LogP contribution in [0, 0.1) is 5.92 Å². The Kier molecular flexibility index (Phi) is 5.95. The van der Waals surface area contributed by atoms with Gasteiger partial charge in [-0.3, -0.25) is 0 Å². The highest BCUT2D eigenvalue weighted by Gasteiger charge is 2.20. The van der Waals surface area contributed by atoms with Crippen LogP contribution in [0.3, 0.4) is 0 Å². The van der Waals surface area contributed by atoms with Gasteiger partial charge in [0.1, 0.15) is 6.29 Å². The zero-order chi connectivity index (χ0) is 17.3. The van der Waals surface area contributed by atoms with Gasteiger partial charge in [0.2, 0.25) is 0 Å². The summed E-state index contributed by atoms with van der Waals surface area (Å²) < 4.78 is 0. The van der Waals surface area contributed by atoms with E-state index < -0.39 is 0 Å². The molecular weight excluding hydrogens is 304 g/mol. The Hall–Kier alpha value is -2.93. The van der Waals surface area contributed by atoms with Crippen molar-refractivity contribution < 1.29 is 4.79 Å². The van der Waals surface area contributed by atoms with Crippen LogP contribution in [0.15, 0.2) is 97.1 Å². The third-order valence-electron chi connectivity index (χ3n) is 4.43. The van der Waals surface area contributed by atoms with Gasteiger partial charge in [-0.2, -0.15) is 0 Å². The zero-order valence-corrected chi connectivity index (χ0v) is 14.2. The number of rotatable bonds is 7. The number of carbonyl (C=O) groups excluding carboxylic acids is 1. The Bertz CT molecular complexity index is 791. The summed E-state index contributed by atoms with van der Waals surface area (Å²) in [7, 11) is 0. The molecule has 25 heavy (non-hydrogen) atoms. The van der Waals surface area contributed by atoms with E-state index in [4.69, 9.17) is 0 Å². The molecule has 2 atom stereocenters. The summed E-state index contributed by atoms with van der Waals surface area (Å²) in [6, 6.07) is 30.7. The van der Waals surface area contributed by atoms with E-state index in [0.29, 0.717) is 0 Å². The summed E-state index contributed by atoms with van der Waals surface area (Å²) in [4.78, 5) is 11.9. The lowest BCUT2D eigenvalue weighted by molar-refractivity contribution is -0.111. The van der Waals surface area contributed by atoms with Gasteiger partial charge in [0, 0.05) is 11.8 Å². The first-order valence-corrected chi connectivity index (χ1v) is 8.64. The lowest BCUT2D eigenvalue weighted by Gasteiger charge is -2.21. The highest BCUT2D eigenvalue weighted by molar-refractivity contribution is 5.60. The number of allylic oxidation sites excluding steroid dienone is 1. The predicted octanol–water partition coefficient (Wildman–Crippen LogP) is 5.54. The summed E-state index contributed by atoms with van der Waals surface area (Å²) in [6.45, 7) is 0. The fraction of sp³-hybridized carbons (Fsp3) is 0.125. The van der Waals surface area contributed by atoms with Crippen molar-refractivity contribution in [2.24, 2.45) is 5.92 Å². The standard InChI is InChI=1S/C24H22O/c25-19-23(18-21-12-6-2-7-13-21)24(22-14-8-3-9-15-22)17-16-20-10-4-1-5-11-20/h1-17,19,23-24H,18H2/b17-16+/t23-,24+/m0/s1. The smallest absolute Gasteiger partial charge is 0.124 e. The maximum Gasteiger partial charge on any atom is 0.124 e. The molecule has 0 amide bonds. The minimum Gasteiger partial charge on any atom is -0.303 e. The summed E-state index contributed by atoms with van der Waals surface area (Å²) in [6.07, 6.45) is 6.11. The topological polar surface area (TPSA) is 17.1 Å². The van der Waals surface area contributed by atoms with Crippen LogP contribution in [0.4, 0.5) is 0 Å². The van der Waals surface area contributed by atoms with Crippen molar-refractivity contribution in [2.45, 2.75) is 12.3 Å². The minimum atomic E-state index is -0.0928. The Labute approximate surface area is 149 Å². The molecule has 0 spiro atoms. The highest BCUT2D eigenvalue weighted by atomic mass is 16.1. The Balaban J connectivity index is 1.89. The van der Waals surface area contributed by atoms with E-state index in [0.717, 1.165) is 18.3 Å². The van der Waals surface area contributed by atoms with Gasteiger partial charge in [0.25, 0.3) is 0 Å². The lowest BCUT2D eigenvalue weighted by atomic mass is 9.82. The van der Waals surface area contributed by atoms with Crippen LogP contribution in [0.25, 0.3) is 6.08 Å². The molecule has 0 aliphatic heterocycles. The summed E-state index contributed by atoms with van der Waals surface area (Å²) in [5.41, 5.74) is 3.50. The van der Waals surface area contributed by atoms with Gasteiger partial charge < -0.3 is 4.79 Å². The highest BCUT2D eigenvalue weighted by Crippen LogP contribution is 2.28. The molecule has 0 saturated heterocycles. The van der Waals surface area contributed by atoms with E-state index in [1.165, 1.54) is 11.1 Å². The van der Waals surface area contributed by atoms with Gasteiger partial charge in [-0.05, 0) is 23.1 Å². The van der Waals surface area contributed by atoms with Crippen LogP contribution in [0.1, 0.15) is 22.6 Å². The van der Waals surface area contributed by atoms with Gasteiger partial charge in [0.15, 0.2) is 0 Å². The molecule has 0 aliphatic rings. The van der Waals surface area contributed by atoms with Crippen LogP contribution >= 0.6 is 0 Å². The van der Waals surface area contributed by atoms with Crippen molar-refractivity contribution in [1.29, 1.82) is 0 Å². The van der Waals surface area contributed by atoms with Gasteiger partial charge in [0.05, 0.1) is 0 Å². The van der Waals surface area contributed by atoms with E-state index in [-0.39, 0.29) is 11.8 Å². The molecule has 1 nitrogen and oxygen atoms in total. The van der Waals surface area contributed by atoms with Gasteiger partial charge >= 0.3 is 0 Å².